The lowest BCUT2D eigenvalue weighted by Crippen LogP contribution is -2.14. The summed E-state index contributed by atoms with van der Waals surface area (Å²) < 4.78 is 5.93. The van der Waals surface area contributed by atoms with Gasteiger partial charge < -0.3 is 15.2 Å². The number of carbonyl (C=O) groups excluding carboxylic acids is 1. The Kier molecular flexibility index (Phi) is 4.94. The molecule has 21 heavy (non-hydrogen) atoms. The van der Waals surface area contributed by atoms with Crippen LogP contribution in [0.3, 0.4) is 0 Å². The summed E-state index contributed by atoms with van der Waals surface area (Å²) in [5, 5.41) is 11.3. The number of hydrogen-bond donors (Lipinski definition) is 2. The lowest BCUT2D eigenvalue weighted by atomic mass is 10.2. The van der Waals surface area contributed by atoms with Gasteiger partial charge in [0, 0.05) is 10.0 Å². The first-order chi connectivity index (χ1) is 10.1. The standard InChI is InChI=1S/C15H12BrNO4/c16-11-5-3-4-10(8-11)15(20)17-12-6-1-2-7-13(12)21-9-14(18)19/h1-8H,9H2,(H,17,20)(H,18,19). The van der Waals surface area contributed by atoms with Crippen LogP contribution in [0.25, 0.3) is 0 Å². The van der Waals surface area contributed by atoms with Gasteiger partial charge in [-0.05, 0) is 30.3 Å². The third-order valence-electron chi connectivity index (χ3n) is 2.57. The van der Waals surface area contributed by atoms with Gasteiger partial charge in [-0.1, -0.05) is 34.1 Å². The van der Waals surface area contributed by atoms with Gasteiger partial charge in [0.05, 0.1) is 5.69 Å². The van der Waals surface area contributed by atoms with Gasteiger partial charge in [0.1, 0.15) is 5.75 Å². The highest BCUT2D eigenvalue weighted by atomic mass is 79.9. The number of hydrogen-bond acceptors (Lipinski definition) is 3. The summed E-state index contributed by atoms with van der Waals surface area (Å²) >= 11 is 3.30. The van der Waals surface area contributed by atoms with E-state index in [1.165, 1.54) is 0 Å². The number of ether oxygens (including phenoxy) is 1. The number of para-hydroxylation sites is 2. The van der Waals surface area contributed by atoms with Crippen LogP contribution < -0.4 is 10.1 Å². The maximum atomic E-state index is 12.2. The maximum Gasteiger partial charge on any atom is 0.341 e. The highest BCUT2D eigenvalue weighted by Gasteiger charge is 2.10. The average Bonchev–Trinajstić information content (AvgIpc) is 2.46. The predicted octanol–water partition coefficient (Wildman–Crippen LogP) is 3.16. The van der Waals surface area contributed by atoms with Crippen LogP contribution in [0, 0.1) is 0 Å². The van der Waals surface area contributed by atoms with Gasteiger partial charge in [-0.25, -0.2) is 4.79 Å². The Labute approximate surface area is 129 Å². The second-order valence-electron chi connectivity index (χ2n) is 4.14. The molecule has 0 radical (unpaired) electrons. The van der Waals surface area contributed by atoms with E-state index in [4.69, 9.17) is 9.84 Å². The van der Waals surface area contributed by atoms with E-state index in [2.05, 4.69) is 21.2 Å². The lowest BCUT2D eigenvalue weighted by Gasteiger charge is -2.11. The molecule has 0 unspecified atom stereocenters. The van der Waals surface area contributed by atoms with Crippen molar-refractivity contribution >= 4 is 33.5 Å². The molecule has 2 aromatic carbocycles. The molecule has 0 heterocycles. The van der Waals surface area contributed by atoms with Gasteiger partial charge in [0.15, 0.2) is 6.61 Å². The van der Waals surface area contributed by atoms with E-state index >= 15 is 0 Å². The molecule has 0 aliphatic heterocycles. The summed E-state index contributed by atoms with van der Waals surface area (Å²) in [4.78, 5) is 22.7. The molecule has 0 bridgehead atoms. The minimum atomic E-state index is -1.08. The molecular weight excluding hydrogens is 338 g/mol. The van der Waals surface area contributed by atoms with Crippen molar-refractivity contribution in [3.05, 3.63) is 58.6 Å². The van der Waals surface area contributed by atoms with Gasteiger partial charge >= 0.3 is 5.97 Å². The average molecular weight is 350 g/mol. The highest BCUT2D eigenvalue weighted by Crippen LogP contribution is 2.24. The number of nitrogens with one attached hydrogen (secondary N) is 1. The summed E-state index contributed by atoms with van der Waals surface area (Å²) in [6.45, 7) is -0.468. The molecule has 2 N–H and O–H groups in total. The van der Waals surface area contributed by atoms with Crippen LogP contribution in [0.2, 0.25) is 0 Å². The Morgan fingerprint density at radius 1 is 1.14 bits per heavy atom. The van der Waals surface area contributed by atoms with Crippen LogP contribution in [0.1, 0.15) is 10.4 Å². The van der Waals surface area contributed by atoms with Crippen molar-refractivity contribution in [2.45, 2.75) is 0 Å². The molecule has 6 heteroatoms. The van der Waals surface area contributed by atoms with Crippen molar-refractivity contribution < 1.29 is 19.4 Å². The van der Waals surface area contributed by atoms with E-state index in [1.807, 2.05) is 6.07 Å². The van der Waals surface area contributed by atoms with Gasteiger partial charge in [-0.3, -0.25) is 4.79 Å². The van der Waals surface area contributed by atoms with E-state index in [1.54, 1.807) is 42.5 Å². The Hall–Kier alpha value is -2.34. The summed E-state index contributed by atoms with van der Waals surface area (Å²) in [5.41, 5.74) is 0.904. The number of amides is 1. The van der Waals surface area contributed by atoms with Gasteiger partial charge in [0.25, 0.3) is 5.91 Å². The van der Waals surface area contributed by atoms with E-state index in [0.717, 1.165) is 4.47 Å². The van der Waals surface area contributed by atoms with Crippen molar-refractivity contribution in [2.75, 3.05) is 11.9 Å². The minimum absolute atomic E-state index is 0.303. The molecule has 0 spiro atoms. The normalized spacial score (nSPS) is 9.95. The SMILES string of the molecule is O=C(O)COc1ccccc1NC(=O)c1cccc(Br)c1. The second-order valence-corrected chi connectivity index (χ2v) is 5.06. The van der Waals surface area contributed by atoms with Crippen LogP contribution in [0.5, 0.6) is 5.75 Å². The molecule has 0 saturated heterocycles. The first kappa shape index (κ1) is 15.1. The molecule has 0 atom stereocenters. The predicted molar refractivity (Wildman–Crippen MR) is 81.7 cm³/mol. The lowest BCUT2D eigenvalue weighted by molar-refractivity contribution is -0.139. The number of anilines is 1. The topological polar surface area (TPSA) is 75.6 Å². The molecule has 1 amide bonds. The number of carboxylic acid groups (broad SMARTS) is 1. The molecular formula is C15H12BrNO4. The fourth-order valence-electron chi connectivity index (χ4n) is 1.66. The number of aliphatic carboxylic acids is 1. The van der Waals surface area contributed by atoms with E-state index < -0.39 is 12.6 Å². The molecule has 0 fully saturated rings. The Bertz CT molecular complexity index is 672. The highest BCUT2D eigenvalue weighted by molar-refractivity contribution is 9.10. The molecule has 0 aliphatic rings. The third kappa shape index (κ3) is 4.32. The van der Waals surface area contributed by atoms with Crippen molar-refractivity contribution in [3.8, 4) is 5.75 Å². The van der Waals surface area contributed by atoms with Crippen LogP contribution in [0.15, 0.2) is 53.0 Å². The van der Waals surface area contributed by atoms with Crippen molar-refractivity contribution in [1.29, 1.82) is 0 Å². The largest absolute Gasteiger partial charge is 0.480 e. The number of halogens is 1. The zero-order valence-electron chi connectivity index (χ0n) is 10.9. The van der Waals surface area contributed by atoms with Crippen molar-refractivity contribution in [3.63, 3.8) is 0 Å². The summed E-state index contributed by atoms with van der Waals surface area (Å²) in [5.74, 6) is -1.07. The molecule has 2 aromatic rings. The van der Waals surface area contributed by atoms with E-state index in [-0.39, 0.29) is 5.91 Å². The monoisotopic (exact) mass is 349 g/mol. The quantitative estimate of drug-likeness (QED) is 0.869. The molecule has 0 saturated carbocycles. The zero-order valence-corrected chi connectivity index (χ0v) is 12.5. The fourth-order valence-corrected chi connectivity index (χ4v) is 2.06. The molecule has 0 aromatic heterocycles. The zero-order chi connectivity index (χ0) is 15.2. The van der Waals surface area contributed by atoms with Crippen LogP contribution >= 0.6 is 15.9 Å². The minimum Gasteiger partial charge on any atom is -0.480 e. The Morgan fingerprint density at radius 2 is 1.90 bits per heavy atom. The van der Waals surface area contributed by atoms with Gasteiger partial charge in [0.2, 0.25) is 0 Å². The molecule has 0 aliphatic carbocycles. The maximum absolute atomic E-state index is 12.2. The molecule has 5 nitrogen and oxygen atoms in total. The van der Waals surface area contributed by atoms with E-state index in [9.17, 15) is 9.59 Å². The molecule has 108 valence electrons. The number of benzene rings is 2. The fraction of sp³-hybridized carbons (Fsp3) is 0.0667. The summed E-state index contributed by atoms with van der Waals surface area (Å²) in [7, 11) is 0. The number of carbonyl (C=O) groups is 2. The van der Waals surface area contributed by atoms with E-state index in [0.29, 0.717) is 17.0 Å². The number of rotatable bonds is 5. The van der Waals surface area contributed by atoms with Gasteiger partial charge in [-0.2, -0.15) is 0 Å². The van der Waals surface area contributed by atoms with Crippen LogP contribution in [-0.2, 0) is 4.79 Å². The Morgan fingerprint density at radius 3 is 2.62 bits per heavy atom. The first-order valence-electron chi connectivity index (χ1n) is 6.07. The van der Waals surface area contributed by atoms with Gasteiger partial charge in [-0.15, -0.1) is 0 Å². The molecule has 2 rings (SSSR count). The Balaban J connectivity index is 2.15. The van der Waals surface area contributed by atoms with Crippen molar-refractivity contribution in [1.82, 2.24) is 0 Å². The second kappa shape index (κ2) is 6.90. The first-order valence-corrected chi connectivity index (χ1v) is 6.86. The van der Waals surface area contributed by atoms with Crippen LogP contribution in [-0.4, -0.2) is 23.6 Å². The summed E-state index contributed by atoms with van der Waals surface area (Å²) in [6, 6.07) is 13.6. The smallest absolute Gasteiger partial charge is 0.341 e. The number of carboxylic acids is 1. The van der Waals surface area contributed by atoms with Crippen molar-refractivity contribution in [2.24, 2.45) is 0 Å². The third-order valence-corrected chi connectivity index (χ3v) is 3.07. The summed E-state index contributed by atoms with van der Waals surface area (Å²) in [6.07, 6.45) is 0. The van der Waals surface area contributed by atoms with Crippen LogP contribution in [0.4, 0.5) is 5.69 Å².